The molecule has 2 aromatic carbocycles. The summed E-state index contributed by atoms with van der Waals surface area (Å²) in [6, 6.07) is 13.8. The van der Waals surface area contributed by atoms with E-state index in [1.165, 1.54) is 12.1 Å². The number of carbonyl (C=O) groups is 1. The van der Waals surface area contributed by atoms with E-state index in [9.17, 15) is 9.18 Å². The maximum atomic E-state index is 13.1. The molecule has 150 valence electrons. The van der Waals surface area contributed by atoms with Crippen molar-refractivity contribution in [3.05, 3.63) is 71.5 Å². The first-order valence-corrected chi connectivity index (χ1v) is 9.95. The maximum Gasteiger partial charge on any atom is 0.223 e. The molecule has 29 heavy (non-hydrogen) atoms. The van der Waals surface area contributed by atoms with Crippen LogP contribution in [0.15, 0.2) is 59.1 Å². The number of oxazole rings is 1. The molecular formula is C22H21ClFN3O2. The quantitative estimate of drug-likeness (QED) is 0.621. The molecule has 0 bridgehead atoms. The Bertz CT molecular complexity index is 964. The number of rotatable bonds is 5. The van der Waals surface area contributed by atoms with Gasteiger partial charge in [-0.1, -0.05) is 11.6 Å². The highest BCUT2D eigenvalue weighted by atomic mass is 35.5. The molecule has 1 aliphatic heterocycles. The number of aromatic nitrogens is 1. The monoisotopic (exact) mass is 413 g/mol. The molecule has 0 N–H and O–H groups in total. The van der Waals surface area contributed by atoms with Crippen molar-refractivity contribution in [2.24, 2.45) is 0 Å². The van der Waals surface area contributed by atoms with Gasteiger partial charge in [0.1, 0.15) is 5.82 Å². The van der Waals surface area contributed by atoms with Gasteiger partial charge in [0.25, 0.3) is 0 Å². The average Bonchev–Trinajstić information content (AvgIpc) is 3.22. The summed E-state index contributed by atoms with van der Waals surface area (Å²) in [7, 11) is 0. The number of aryl methyl sites for hydroxylation is 1. The molecular weight excluding hydrogens is 393 g/mol. The predicted octanol–water partition coefficient (Wildman–Crippen LogP) is 4.42. The summed E-state index contributed by atoms with van der Waals surface area (Å²) in [5.41, 5.74) is 1.88. The first kappa shape index (κ1) is 19.5. The standard InChI is InChI=1S/C22H21ClFN3O2/c23-17-3-1-16(2-4-17)20-15-25-21(29-20)9-10-22(28)27-13-11-26(12-14-27)19-7-5-18(24)6-8-19/h1-8,15H,9-14H2. The lowest BCUT2D eigenvalue weighted by molar-refractivity contribution is -0.131. The second-order valence-electron chi connectivity index (χ2n) is 6.97. The SMILES string of the molecule is O=C(CCc1ncc(-c2ccc(Cl)cc2)o1)N1CCN(c2ccc(F)cc2)CC1. The van der Waals surface area contributed by atoms with Gasteiger partial charge in [0.05, 0.1) is 6.20 Å². The molecule has 1 aromatic heterocycles. The Kier molecular flexibility index (Phi) is 5.81. The third-order valence-electron chi connectivity index (χ3n) is 5.06. The lowest BCUT2D eigenvalue weighted by atomic mass is 10.2. The summed E-state index contributed by atoms with van der Waals surface area (Å²) >= 11 is 5.91. The zero-order valence-corrected chi connectivity index (χ0v) is 16.6. The minimum Gasteiger partial charge on any atom is -0.441 e. The lowest BCUT2D eigenvalue weighted by Crippen LogP contribution is -2.48. The fraction of sp³-hybridized carbons (Fsp3) is 0.273. The Morgan fingerprint density at radius 3 is 2.41 bits per heavy atom. The van der Waals surface area contributed by atoms with E-state index in [1.807, 2.05) is 17.0 Å². The zero-order chi connectivity index (χ0) is 20.2. The normalized spacial score (nSPS) is 14.3. The van der Waals surface area contributed by atoms with Crippen LogP contribution < -0.4 is 4.90 Å². The number of nitrogens with zero attached hydrogens (tertiary/aromatic N) is 3. The molecule has 0 radical (unpaired) electrons. The van der Waals surface area contributed by atoms with Crippen LogP contribution in [0.25, 0.3) is 11.3 Å². The molecule has 1 fully saturated rings. The summed E-state index contributed by atoms with van der Waals surface area (Å²) in [5.74, 6) is 1.06. The smallest absolute Gasteiger partial charge is 0.223 e. The maximum absolute atomic E-state index is 13.1. The molecule has 0 atom stereocenters. The van der Waals surface area contributed by atoms with Crippen LogP contribution >= 0.6 is 11.6 Å². The van der Waals surface area contributed by atoms with Crippen LogP contribution in [0, 0.1) is 5.82 Å². The third-order valence-corrected chi connectivity index (χ3v) is 5.31. The fourth-order valence-electron chi connectivity index (χ4n) is 3.41. The Morgan fingerprint density at radius 1 is 1.03 bits per heavy atom. The Morgan fingerprint density at radius 2 is 1.72 bits per heavy atom. The molecule has 1 saturated heterocycles. The summed E-state index contributed by atoms with van der Waals surface area (Å²) in [6.45, 7) is 2.77. The molecule has 0 unspecified atom stereocenters. The van der Waals surface area contributed by atoms with Gasteiger partial charge in [-0.2, -0.15) is 0 Å². The topological polar surface area (TPSA) is 49.6 Å². The van der Waals surface area contributed by atoms with Crippen molar-refractivity contribution in [1.29, 1.82) is 0 Å². The molecule has 1 aliphatic rings. The van der Waals surface area contributed by atoms with E-state index in [2.05, 4.69) is 9.88 Å². The van der Waals surface area contributed by atoms with Gasteiger partial charge in [-0.25, -0.2) is 9.37 Å². The Balaban J connectivity index is 1.27. The van der Waals surface area contributed by atoms with E-state index >= 15 is 0 Å². The molecule has 7 heteroatoms. The Hall–Kier alpha value is -2.86. The number of anilines is 1. The zero-order valence-electron chi connectivity index (χ0n) is 15.9. The number of carbonyl (C=O) groups excluding carboxylic acids is 1. The Labute approximate surface area is 173 Å². The van der Waals surface area contributed by atoms with E-state index < -0.39 is 0 Å². The molecule has 3 aromatic rings. The summed E-state index contributed by atoms with van der Waals surface area (Å²) in [5, 5.41) is 0.665. The van der Waals surface area contributed by atoms with Gasteiger partial charge >= 0.3 is 0 Å². The van der Waals surface area contributed by atoms with E-state index in [0.29, 0.717) is 42.6 Å². The lowest BCUT2D eigenvalue weighted by Gasteiger charge is -2.36. The van der Waals surface area contributed by atoms with Gasteiger partial charge < -0.3 is 14.2 Å². The fourth-order valence-corrected chi connectivity index (χ4v) is 3.54. The van der Waals surface area contributed by atoms with E-state index in [-0.39, 0.29) is 11.7 Å². The van der Waals surface area contributed by atoms with Crippen molar-refractivity contribution in [2.75, 3.05) is 31.1 Å². The van der Waals surface area contributed by atoms with Crippen LogP contribution in [-0.2, 0) is 11.2 Å². The van der Waals surface area contributed by atoms with Gasteiger partial charge in [-0.3, -0.25) is 4.79 Å². The van der Waals surface area contributed by atoms with Gasteiger partial charge in [0.2, 0.25) is 5.91 Å². The summed E-state index contributed by atoms with van der Waals surface area (Å²) in [6.07, 6.45) is 2.49. The minimum absolute atomic E-state index is 0.0926. The van der Waals surface area contributed by atoms with Crippen molar-refractivity contribution in [3.63, 3.8) is 0 Å². The molecule has 1 amide bonds. The highest BCUT2D eigenvalue weighted by Gasteiger charge is 2.21. The third kappa shape index (κ3) is 4.77. The van der Waals surface area contributed by atoms with E-state index in [4.69, 9.17) is 16.0 Å². The molecule has 4 rings (SSSR count). The van der Waals surface area contributed by atoms with Crippen LogP contribution in [0.3, 0.4) is 0 Å². The second-order valence-corrected chi connectivity index (χ2v) is 7.41. The van der Waals surface area contributed by atoms with Crippen LogP contribution in [-0.4, -0.2) is 42.0 Å². The van der Waals surface area contributed by atoms with Crippen LogP contribution in [0.4, 0.5) is 10.1 Å². The minimum atomic E-state index is -0.242. The molecule has 0 saturated carbocycles. The van der Waals surface area contributed by atoms with Gasteiger partial charge in [0.15, 0.2) is 11.7 Å². The number of amides is 1. The molecule has 5 nitrogen and oxygen atoms in total. The number of hydrogen-bond donors (Lipinski definition) is 0. The number of benzene rings is 2. The van der Waals surface area contributed by atoms with Crippen molar-refractivity contribution < 1.29 is 13.6 Å². The highest BCUT2D eigenvalue weighted by molar-refractivity contribution is 6.30. The largest absolute Gasteiger partial charge is 0.441 e. The predicted molar refractivity (Wildman–Crippen MR) is 110 cm³/mol. The van der Waals surface area contributed by atoms with Gasteiger partial charge in [0, 0.05) is 55.3 Å². The van der Waals surface area contributed by atoms with Gasteiger partial charge in [-0.05, 0) is 48.5 Å². The number of piperazine rings is 1. The molecule has 2 heterocycles. The van der Waals surface area contributed by atoms with Crippen molar-refractivity contribution >= 4 is 23.2 Å². The average molecular weight is 414 g/mol. The van der Waals surface area contributed by atoms with E-state index in [1.54, 1.807) is 30.5 Å². The van der Waals surface area contributed by atoms with Crippen LogP contribution in [0.2, 0.25) is 5.02 Å². The molecule has 0 aliphatic carbocycles. The molecule has 0 spiro atoms. The summed E-state index contributed by atoms with van der Waals surface area (Å²) < 4.78 is 18.8. The first-order valence-electron chi connectivity index (χ1n) is 9.57. The van der Waals surface area contributed by atoms with Gasteiger partial charge in [-0.15, -0.1) is 0 Å². The number of halogens is 2. The second kappa shape index (κ2) is 8.66. The number of hydrogen-bond acceptors (Lipinski definition) is 4. The van der Waals surface area contributed by atoms with Crippen molar-refractivity contribution in [3.8, 4) is 11.3 Å². The van der Waals surface area contributed by atoms with Crippen molar-refractivity contribution in [1.82, 2.24) is 9.88 Å². The highest BCUT2D eigenvalue weighted by Crippen LogP contribution is 2.23. The van der Waals surface area contributed by atoms with Crippen molar-refractivity contribution in [2.45, 2.75) is 12.8 Å². The van der Waals surface area contributed by atoms with Crippen LogP contribution in [0.5, 0.6) is 0 Å². The first-order chi connectivity index (χ1) is 14.1. The van der Waals surface area contributed by atoms with Crippen LogP contribution in [0.1, 0.15) is 12.3 Å². The summed E-state index contributed by atoms with van der Waals surface area (Å²) in [4.78, 5) is 20.9. The van der Waals surface area contributed by atoms with E-state index in [0.717, 1.165) is 24.3 Å².